The van der Waals surface area contributed by atoms with Crippen LogP contribution < -0.4 is 11.3 Å². The van der Waals surface area contributed by atoms with E-state index in [9.17, 15) is 0 Å². The quantitative estimate of drug-likeness (QED) is 0.616. The van der Waals surface area contributed by atoms with E-state index in [4.69, 9.17) is 10.6 Å². The Hall–Kier alpha value is -0.420. The van der Waals surface area contributed by atoms with E-state index in [-0.39, 0.29) is 11.6 Å². The molecule has 1 aliphatic carbocycles. The van der Waals surface area contributed by atoms with Crippen LogP contribution in [-0.4, -0.2) is 18.8 Å². The van der Waals surface area contributed by atoms with Gasteiger partial charge in [0, 0.05) is 7.11 Å². The van der Waals surface area contributed by atoms with Gasteiger partial charge in [-0.1, -0.05) is 19.3 Å². The third-order valence-corrected chi connectivity index (χ3v) is 4.98. The van der Waals surface area contributed by atoms with Crippen LogP contribution in [0.5, 0.6) is 0 Å². The lowest BCUT2D eigenvalue weighted by molar-refractivity contribution is -0.0692. The number of hydrazine groups is 1. The van der Waals surface area contributed by atoms with Crippen LogP contribution in [0, 0.1) is 0 Å². The Kier molecular flexibility index (Phi) is 5.18. The minimum atomic E-state index is -0.0526. The summed E-state index contributed by atoms with van der Waals surface area (Å²) in [5.41, 5.74) is 4.36. The molecule has 0 saturated heterocycles. The monoisotopic (exact) mass is 268 g/mol. The molecule has 3 nitrogen and oxygen atoms in total. The average Bonchev–Trinajstić information content (AvgIpc) is 2.93. The molecule has 18 heavy (non-hydrogen) atoms. The largest absolute Gasteiger partial charge is 0.377 e. The Morgan fingerprint density at radius 1 is 1.44 bits per heavy atom. The first-order valence-corrected chi connectivity index (χ1v) is 7.77. The van der Waals surface area contributed by atoms with E-state index in [2.05, 4.69) is 22.3 Å². The van der Waals surface area contributed by atoms with Gasteiger partial charge in [0.25, 0.3) is 0 Å². The topological polar surface area (TPSA) is 47.3 Å². The molecule has 0 aliphatic heterocycles. The van der Waals surface area contributed by atoms with E-state index in [0.29, 0.717) is 0 Å². The second-order valence-electron chi connectivity index (χ2n) is 5.22. The minimum Gasteiger partial charge on any atom is -0.377 e. The Morgan fingerprint density at radius 3 is 2.78 bits per heavy atom. The summed E-state index contributed by atoms with van der Waals surface area (Å²) in [5, 5.41) is 4.35. The number of hydrogen-bond donors (Lipinski definition) is 2. The summed E-state index contributed by atoms with van der Waals surface area (Å²) >= 11 is 1.76. The molecule has 1 heterocycles. The van der Waals surface area contributed by atoms with Crippen LogP contribution in [0.1, 0.15) is 44.1 Å². The maximum atomic E-state index is 5.86. The molecule has 1 aliphatic rings. The molecular formula is C14H24N2OS. The summed E-state index contributed by atoms with van der Waals surface area (Å²) in [6.45, 7) is 0. The fourth-order valence-electron chi connectivity index (χ4n) is 3.09. The zero-order valence-electron chi connectivity index (χ0n) is 11.2. The Morgan fingerprint density at radius 2 is 2.22 bits per heavy atom. The molecule has 0 radical (unpaired) electrons. The average molecular weight is 268 g/mol. The van der Waals surface area contributed by atoms with Gasteiger partial charge in [0.1, 0.15) is 0 Å². The van der Waals surface area contributed by atoms with Gasteiger partial charge >= 0.3 is 0 Å². The molecule has 1 aromatic rings. The van der Waals surface area contributed by atoms with Crippen LogP contribution in [0.15, 0.2) is 16.8 Å². The second kappa shape index (κ2) is 6.66. The van der Waals surface area contributed by atoms with Crippen LogP contribution >= 0.6 is 11.3 Å². The van der Waals surface area contributed by atoms with Crippen molar-refractivity contribution >= 4 is 11.3 Å². The van der Waals surface area contributed by atoms with Crippen LogP contribution in [-0.2, 0) is 11.2 Å². The first-order valence-electron chi connectivity index (χ1n) is 6.83. The standard InChI is InChI=1S/C14H24N2OS/c1-17-14(8-3-2-4-9-14)13(16-15)6-5-12-7-10-18-11-12/h7,10-11,13,16H,2-6,8-9,15H2,1H3. The molecule has 102 valence electrons. The maximum Gasteiger partial charge on any atom is 0.0844 e. The summed E-state index contributed by atoms with van der Waals surface area (Å²) in [6, 6.07) is 2.45. The van der Waals surface area contributed by atoms with Crippen LogP contribution in [0.3, 0.4) is 0 Å². The number of aryl methyl sites for hydroxylation is 1. The molecule has 4 heteroatoms. The van der Waals surface area contributed by atoms with Gasteiger partial charge in [0.15, 0.2) is 0 Å². The number of rotatable bonds is 6. The smallest absolute Gasteiger partial charge is 0.0844 e. The summed E-state index contributed by atoms with van der Waals surface area (Å²) in [6.07, 6.45) is 8.20. The zero-order valence-corrected chi connectivity index (χ0v) is 12.0. The number of nitrogens with two attached hydrogens (primary N) is 1. The van der Waals surface area contributed by atoms with Crippen molar-refractivity contribution in [2.24, 2.45) is 5.84 Å². The van der Waals surface area contributed by atoms with Gasteiger partial charge < -0.3 is 4.74 Å². The molecule has 1 saturated carbocycles. The van der Waals surface area contributed by atoms with Crippen molar-refractivity contribution in [3.63, 3.8) is 0 Å². The van der Waals surface area contributed by atoms with E-state index >= 15 is 0 Å². The molecule has 2 rings (SSSR count). The van der Waals surface area contributed by atoms with Gasteiger partial charge in [-0.15, -0.1) is 0 Å². The first-order chi connectivity index (χ1) is 8.80. The van der Waals surface area contributed by atoms with Crippen molar-refractivity contribution in [1.29, 1.82) is 0 Å². The molecule has 0 aromatic carbocycles. The lowest BCUT2D eigenvalue weighted by atomic mass is 9.77. The van der Waals surface area contributed by atoms with E-state index in [1.54, 1.807) is 11.3 Å². The SMILES string of the molecule is COC1(C(CCc2ccsc2)NN)CCCCC1. The van der Waals surface area contributed by atoms with Crippen LogP contribution in [0.4, 0.5) is 0 Å². The molecule has 1 aromatic heterocycles. The maximum absolute atomic E-state index is 5.86. The highest BCUT2D eigenvalue weighted by Gasteiger charge is 2.39. The van der Waals surface area contributed by atoms with Gasteiger partial charge in [0.2, 0.25) is 0 Å². The number of nitrogens with one attached hydrogen (secondary N) is 1. The summed E-state index contributed by atoms with van der Waals surface area (Å²) in [4.78, 5) is 0. The predicted octanol–water partition coefficient (Wildman–Crippen LogP) is 2.86. The Bertz CT molecular complexity index is 334. The minimum absolute atomic E-state index is 0.0526. The van der Waals surface area contributed by atoms with E-state index < -0.39 is 0 Å². The normalized spacial score (nSPS) is 20.8. The van der Waals surface area contributed by atoms with Gasteiger partial charge in [-0.2, -0.15) is 11.3 Å². The highest BCUT2D eigenvalue weighted by molar-refractivity contribution is 7.07. The highest BCUT2D eigenvalue weighted by Crippen LogP contribution is 2.35. The van der Waals surface area contributed by atoms with E-state index in [1.807, 2.05) is 7.11 Å². The third kappa shape index (κ3) is 3.12. The fourth-order valence-corrected chi connectivity index (χ4v) is 3.79. The molecule has 1 unspecified atom stereocenters. The van der Waals surface area contributed by atoms with E-state index in [0.717, 1.165) is 25.7 Å². The molecule has 1 atom stereocenters. The molecule has 0 amide bonds. The van der Waals surface area contributed by atoms with E-state index in [1.165, 1.54) is 24.8 Å². The lowest BCUT2D eigenvalue weighted by Crippen LogP contribution is -2.55. The summed E-state index contributed by atoms with van der Waals surface area (Å²) < 4.78 is 5.86. The van der Waals surface area contributed by atoms with Crippen LogP contribution in [0.25, 0.3) is 0 Å². The van der Waals surface area contributed by atoms with Gasteiger partial charge in [0.05, 0.1) is 11.6 Å². The number of methoxy groups -OCH3 is 1. The first kappa shape index (κ1) is 14.0. The van der Waals surface area contributed by atoms with Crippen molar-refractivity contribution in [3.8, 4) is 0 Å². The number of hydrogen-bond acceptors (Lipinski definition) is 4. The Labute approximate surface area is 114 Å². The fraction of sp³-hybridized carbons (Fsp3) is 0.714. The van der Waals surface area contributed by atoms with Gasteiger partial charge in [-0.3, -0.25) is 11.3 Å². The molecule has 0 spiro atoms. The lowest BCUT2D eigenvalue weighted by Gasteiger charge is -2.42. The van der Waals surface area contributed by atoms with Gasteiger partial charge in [-0.05, 0) is 48.1 Å². The zero-order chi connectivity index (χ0) is 12.8. The molecule has 0 bridgehead atoms. The van der Waals surface area contributed by atoms with Crippen molar-refractivity contribution in [2.75, 3.05) is 7.11 Å². The third-order valence-electron chi connectivity index (χ3n) is 4.24. The Balaban J connectivity index is 1.97. The molecular weight excluding hydrogens is 244 g/mol. The van der Waals surface area contributed by atoms with Crippen molar-refractivity contribution in [3.05, 3.63) is 22.4 Å². The predicted molar refractivity (Wildman–Crippen MR) is 76.6 cm³/mol. The van der Waals surface area contributed by atoms with Crippen molar-refractivity contribution in [1.82, 2.24) is 5.43 Å². The summed E-state index contributed by atoms with van der Waals surface area (Å²) in [7, 11) is 1.83. The number of thiophene rings is 1. The van der Waals surface area contributed by atoms with Crippen molar-refractivity contribution in [2.45, 2.75) is 56.6 Å². The van der Waals surface area contributed by atoms with Crippen molar-refractivity contribution < 1.29 is 4.74 Å². The number of ether oxygens (including phenoxy) is 1. The molecule has 3 N–H and O–H groups in total. The van der Waals surface area contributed by atoms with Crippen LogP contribution in [0.2, 0.25) is 0 Å². The second-order valence-corrected chi connectivity index (χ2v) is 6.00. The van der Waals surface area contributed by atoms with Gasteiger partial charge in [-0.25, -0.2) is 0 Å². The summed E-state index contributed by atoms with van der Waals surface area (Å²) in [5.74, 6) is 5.78. The molecule has 1 fully saturated rings. The highest BCUT2D eigenvalue weighted by atomic mass is 32.1.